The van der Waals surface area contributed by atoms with Crippen molar-refractivity contribution in [2.75, 3.05) is 6.61 Å². The van der Waals surface area contributed by atoms with Gasteiger partial charge in [-0.2, -0.15) is 0 Å². The molecule has 0 aromatic carbocycles. The third kappa shape index (κ3) is 9.45. The van der Waals surface area contributed by atoms with E-state index in [-0.39, 0.29) is 30.6 Å². The highest BCUT2D eigenvalue weighted by Crippen LogP contribution is 2.05. The molecule has 0 rings (SSSR count). The first-order valence-electron chi connectivity index (χ1n) is 5.36. The Morgan fingerprint density at radius 1 is 1.38 bits per heavy atom. The van der Waals surface area contributed by atoms with E-state index in [0.717, 1.165) is 0 Å². The molecule has 2 N–H and O–H groups in total. The Labute approximate surface area is 96.2 Å². The number of carbonyl (C=O) groups excluding carboxylic acids is 1. The molecule has 0 aromatic rings. The van der Waals surface area contributed by atoms with E-state index >= 15 is 0 Å². The quantitative estimate of drug-likeness (QED) is 0.719. The fourth-order valence-corrected chi connectivity index (χ4v) is 1.01. The summed E-state index contributed by atoms with van der Waals surface area (Å²) in [6.45, 7) is 7.38. The summed E-state index contributed by atoms with van der Waals surface area (Å²) in [4.78, 5) is 21.7. The van der Waals surface area contributed by atoms with Crippen molar-refractivity contribution in [1.29, 1.82) is 0 Å². The zero-order valence-electron chi connectivity index (χ0n) is 10.4. The molecule has 5 heteroatoms. The zero-order valence-corrected chi connectivity index (χ0v) is 10.4. The highest BCUT2D eigenvalue weighted by Gasteiger charge is 2.14. The SMILES string of the molecule is CC(CCC(=O)O)NC(=O)COC(C)(C)C. The summed E-state index contributed by atoms with van der Waals surface area (Å²) >= 11 is 0. The molecule has 1 unspecified atom stereocenters. The number of carbonyl (C=O) groups is 2. The summed E-state index contributed by atoms with van der Waals surface area (Å²) in [5.74, 6) is -1.07. The maximum atomic E-state index is 11.4. The minimum Gasteiger partial charge on any atom is -0.481 e. The standard InChI is InChI=1S/C11H21NO4/c1-8(5-6-10(14)15)12-9(13)7-16-11(2,3)4/h8H,5-7H2,1-4H3,(H,12,13)(H,14,15). The molecule has 0 spiro atoms. The summed E-state index contributed by atoms with van der Waals surface area (Å²) in [5, 5.41) is 11.1. The fraction of sp³-hybridized carbons (Fsp3) is 0.818. The summed E-state index contributed by atoms with van der Waals surface area (Å²) < 4.78 is 5.29. The summed E-state index contributed by atoms with van der Waals surface area (Å²) in [6.07, 6.45) is 0.484. The number of nitrogens with one attached hydrogen (secondary N) is 1. The summed E-state index contributed by atoms with van der Waals surface area (Å²) in [7, 11) is 0. The number of amides is 1. The molecule has 5 nitrogen and oxygen atoms in total. The molecule has 0 aliphatic heterocycles. The number of rotatable bonds is 6. The van der Waals surface area contributed by atoms with Gasteiger partial charge in [0.25, 0.3) is 0 Å². The van der Waals surface area contributed by atoms with Crippen molar-refractivity contribution in [2.45, 2.75) is 52.2 Å². The number of aliphatic carboxylic acids is 1. The van der Waals surface area contributed by atoms with Crippen molar-refractivity contribution < 1.29 is 19.4 Å². The maximum Gasteiger partial charge on any atom is 0.303 e. The van der Waals surface area contributed by atoms with Gasteiger partial charge in [0.1, 0.15) is 6.61 Å². The lowest BCUT2D eigenvalue weighted by molar-refractivity contribution is -0.137. The number of carboxylic acids is 1. The predicted octanol–water partition coefficient (Wildman–Crippen LogP) is 1.17. The number of hydrogen-bond donors (Lipinski definition) is 2. The highest BCUT2D eigenvalue weighted by molar-refractivity contribution is 5.77. The molecule has 1 amide bonds. The van der Waals surface area contributed by atoms with Crippen LogP contribution < -0.4 is 5.32 Å². The fourth-order valence-electron chi connectivity index (χ4n) is 1.01. The normalized spacial score (nSPS) is 13.2. The van der Waals surface area contributed by atoms with Gasteiger partial charge in [0, 0.05) is 12.5 Å². The van der Waals surface area contributed by atoms with Crippen LogP contribution >= 0.6 is 0 Å². The molecule has 16 heavy (non-hydrogen) atoms. The van der Waals surface area contributed by atoms with E-state index in [1.165, 1.54) is 0 Å². The minimum absolute atomic E-state index is 0.000904. The molecule has 0 radical (unpaired) electrons. The van der Waals surface area contributed by atoms with Crippen molar-refractivity contribution >= 4 is 11.9 Å². The van der Waals surface area contributed by atoms with E-state index in [1.54, 1.807) is 6.92 Å². The molecule has 0 aliphatic rings. The smallest absolute Gasteiger partial charge is 0.303 e. The predicted molar refractivity (Wildman–Crippen MR) is 60.2 cm³/mol. The molecule has 0 aromatic heterocycles. The Morgan fingerprint density at radius 3 is 2.38 bits per heavy atom. The van der Waals surface area contributed by atoms with Crippen LogP contribution in [0.4, 0.5) is 0 Å². The Balaban J connectivity index is 3.74. The van der Waals surface area contributed by atoms with E-state index in [2.05, 4.69) is 5.32 Å². The lowest BCUT2D eigenvalue weighted by Crippen LogP contribution is -2.37. The topological polar surface area (TPSA) is 75.6 Å². The summed E-state index contributed by atoms with van der Waals surface area (Å²) in [6, 6.07) is -0.146. The molecule has 0 saturated heterocycles. The zero-order chi connectivity index (χ0) is 12.8. The van der Waals surface area contributed by atoms with Gasteiger partial charge in [-0.05, 0) is 34.1 Å². The lowest BCUT2D eigenvalue weighted by atomic mass is 10.2. The molecular weight excluding hydrogens is 210 g/mol. The van der Waals surface area contributed by atoms with Crippen LogP contribution in [0.3, 0.4) is 0 Å². The third-order valence-corrected chi connectivity index (χ3v) is 1.83. The van der Waals surface area contributed by atoms with Gasteiger partial charge in [0.15, 0.2) is 0 Å². The van der Waals surface area contributed by atoms with Crippen LogP contribution in [0, 0.1) is 0 Å². The van der Waals surface area contributed by atoms with Crippen molar-refractivity contribution in [3.8, 4) is 0 Å². The molecule has 0 fully saturated rings. The second kappa shape index (κ2) is 6.48. The van der Waals surface area contributed by atoms with Gasteiger partial charge in [-0.15, -0.1) is 0 Å². The molecule has 94 valence electrons. The van der Waals surface area contributed by atoms with E-state index in [4.69, 9.17) is 9.84 Å². The van der Waals surface area contributed by atoms with Crippen LogP contribution in [0.2, 0.25) is 0 Å². The molecular formula is C11H21NO4. The first-order chi connectivity index (χ1) is 7.20. The van der Waals surface area contributed by atoms with E-state index in [9.17, 15) is 9.59 Å². The van der Waals surface area contributed by atoms with Crippen LogP contribution in [0.15, 0.2) is 0 Å². The van der Waals surface area contributed by atoms with Crippen LogP contribution in [0.1, 0.15) is 40.5 Å². The van der Waals surface area contributed by atoms with Gasteiger partial charge in [0.05, 0.1) is 5.60 Å². The monoisotopic (exact) mass is 231 g/mol. The van der Waals surface area contributed by atoms with Crippen molar-refractivity contribution in [1.82, 2.24) is 5.32 Å². The van der Waals surface area contributed by atoms with Crippen molar-refractivity contribution in [3.05, 3.63) is 0 Å². The minimum atomic E-state index is -0.855. The number of hydrogen-bond acceptors (Lipinski definition) is 3. The van der Waals surface area contributed by atoms with E-state index in [0.29, 0.717) is 6.42 Å². The van der Waals surface area contributed by atoms with E-state index in [1.807, 2.05) is 20.8 Å². The molecule has 1 atom stereocenters. The van der Waals surface area contributed by atoms with Gasteiger partial charge in [-0.25, -0.2) is 0 Å². The molecule has 0 saturated carbocycles. The Bertz CT molecular complexity index is 245. The third-order valence-electron chi connectivity index (χ3n) is 1.83. The maximum absolute atomic E-state index is 11.4. The number of carboxylic acid groups (broad SMARTS) is 1. The Kier molecular flexibility index (Phi) is 6.03. The van der Waals surface area contributed by atoms with Gasteiger partial charge in [-0.3, -0.25) is 9.59 Å². The van der Waals surface area contributed by atoms with Crippen LogP contribution in [-0.4, -0.2) is 35.2 Å². The first kappa shape index (κ1) is 14.9. The van der Waals surface area contributed by atoms with Crippen LogP contribution in [-0.2, 0) is 14.3 Å². The number of ether oxygens (including phenoxy) is 1. The van der Waals surface area contributed by atoms with Crippen molar-refractivity contribution in [3.63, 3.8) is 0 Å². The molecule has 0 aliphatic carbocycles. The second-order valence-corrected chi connectivity index (χ2v) is 4.80. The first-order valence-corrected chi connectivity index (χ1v) is 5.36. The van der Waals surface area contributed by atoms with Gasteiger partial charge >= 0.3 is 5.97 Å². The van der Waals surface area contributed by atoms with Crippen molar-refractivity contribution in [2.24, 2.45) is 0 Å². The lowest BCUT2D eigenvalue weighted by Gasteiger charge is -2.20. The Hall–Kier alpha value is -1.10. The van der Waals surface area contributed by atoms with Gasteiger partial charge < -0.3 is 15.2 Å². The summed E-state index contributed by atoms with van der Waals surface area (Å²) in [5.41, 5.74) is -0.346. The second-order valence-electron chi connectivity index (χ2n) is 4.80. The molecule has 0 heterocycles. The highest BCUT2D eigenvalue weighted by atomic mass is 16.5. The largest absolute Gasteiger partial charge is 0.481 e. The van der Waals surface area contributed by atoms with Crippen LogP contribution in [0.5, 0.6) is 0 Å². The van der Waals surface area contributed by atoms with Gasteiger partial charge in [0.2, 0.25) is 5.91 Å². The van der Waals surface area contributed by atoms with Crippen LogP contribution in [0.25, 0.3) is 0 Å². The van der Waals surface area contributed by atoms with E-state index < -0.39 is 5.97 Å². The Morgan fingerprint density at radius 2 is 1.94 bits per heavy atom. The van der Waals surface area contributed by atoms with Gasteiger partial charge in [-0.1, -0.05) is 0 Å². The molecule has 0 bridgehead atoms. The average molecular weight is 231 g/mol. The average Bonchev–Trinajstić information content (AvgIpc) is 2.10.